The van der Waals surface area contributed by atoms with Crippen LogP contribution < -0.4 is 5.56 Å². The number of halogens is 6. The summed E-state index contributed by atoms with van der Waals surface area (Å²) in [6.45, 7) is -0.847. The van der Waals surface area contributed by atoms with Crippen LogP contribution in [-0.4, -0.2) is 9.55 Å². The van der Waals surface area contributed by atoms with Crippen LogP contribution in [-0.2, 0) is 6.54 Å². The van der Waals surface area contributed by atoms with Gasteiger partial charge in [0.2, 0.25) is 5.82 Å². The Labute approximate surface area is 139 Å². The molecular weight excluding hydrogens is 399 g/mol. The number of rotatable bonds is 2. The smallest absolute Gasteiger partial charge is 0.261 e. The summed E-state index contributed by atoms with van der Waals surface area (Å²) in [5, 5.41) is 0.135. The van der Waals surface area contributed by atoms with Crippen LogP contribution in [0.15, 0.2) is 33.8 Å². The number of nitrogens with zero attached hydrogens (tertiary/aromatic N) is 2. The Hall–Kier alpha value is -2.29. The number of hydrogen-bond donors (Lipinski definition) is 0. The monoisotopic (exact) mass is 404 g/mol. The van der Waals surface area contributed by atoms with Crippen molar-refractivity contribution in [2.24, 2.45) is 0 Å². The van der Waals surface area contributed by atoms with Crippen LogP contribution in [0.1, 0.15) is 5.56 Å². The molecule has 0 unspecified atom stereocenters. The fourth-order valence-corrected chi connectivity index (χ4v) is 2.56. The fourth-order valence-electron chi connectivity index (χ4n) is 2.20. The van der Waals surface area contributed by atoms with Gasteiger partial charge in [-0.2, -0.15) is 0 Å². The summed E-state index contributed by atoms with van der Waals surface area (Å²) in [4.78, 5) is 16.3. The van der Waals surface area contributed by atoms with Crippen LogP contribution in [0.25, 0.3) is 10.9 Å². The maximum atomic E-state index is 13.7. The number of fused-ring (bicyclic) bond motifs is 1. The first kappa shape index (κ1) is 16.6. The van der Waals surface area contributed by atoms with Crippen LogP contribution in [0.4, 0.5) is 22.0 Å². The molecule has 3 aromatic rings. The molecule has 0 amide bonds. The lowest BCUT2D eigenvalue weighted by Gasteiger charge is -2.10. The standard InChI is InChI=1S/C15H6BrF5N2O/c16-6-1-2-9-7(3-6)15(24)23(5-22-9)4-8-10(17)12(19)14(21)13(20)11(8)18/h1-3,5H,4H2. The van der Waals surface area contributed by atoms with Gasteiger partial charge in [-0.25, -0.2) is 26.9 Å². The Morgan fingerprint density at radius 1 is 0.958 bits per heavy atom. The minimum atomic E-state index is -2.25. The van der Waals surface area contributed by atoms with E-state index in [-0.39, 0.29) is 5.39 Å². The zero-order chi connectivity index (χ0) is 17.6. The third-order valence-electron chi connectivity index (χ3n) is 3.42. The van der Waals surface area contributed by atoms with Crippen LogP contribution in [0.2, 0.25) is 0 Å². The average molecular weight is 405 g/mol. The van der Waals surface area contributed by atoms with E-state index in [4.69, 9.17) is 0 Å². The van der Waals surface area contributed by atoms with E-state index in [0.717, 1.165) is 10.9 Å². The molecule has 3 nitrogen and oxygen atoms in total. The summed E-state index contributed by atoms with van der Waals surface area (Å²) in [7, 11) is 0. The van der Waals surface area contributed by atoms with Crippen molar-refractivity contribution in [3.05, 3.63) is 74.0 Å². The second-order valence-corrected chi connectivity index (χ2v) is 5.80. The predicted octanol–water partition coefficient (Wildman–Crippen LogP) is 3.90. The Balaban J connectivity index is 2.18. The maximum absolute atomic E-state index is 13.7. The van der Waals surface area contributed by atoms with E-state index in [1.165, 1.54) is 6.07 Å². The quantitative estimate of drug-likeness (QED) is 0.368. The zero-order valence-corrected chi connectivity index (χ0v) is 13.2. The van der Waals surface area contributed by atoms with Crippen molar-refractivity contribution in [2.75, 3.05) is 0 Å². The molecule has 1 heterocycles. The van der Waals surface area contributed by atoms with E-state index in [2.05, 4.69) is 20.9 Å². The predicted molar refractivity (Wildman–Crippen MR) is 79.0 cm³/mol. The van der Waals surface area contributed by atoms with Crippen LogP contribution in [0, 0.1) is 29.1 Å². The van der Waals surface area contributed by atoms with Crippen LogP contribution in [0.3, 0.4) is 0 Å². The Bertz CT molecular complexity index is 1010. The molecule has 0 fully saturated rings. The van der Waals surface area contributed by atoms with Gasteiger partial charge in [-0.3, -0.25) is 9.36 Å². The highest BCUT2D eigenvalue weighted by Gasteiger charge is 2.26. The van der Waals surface area contributed by atoms with Gasteiger partial charge in [-0.05, 0) is 18.2 Å². The minimum absolute atomic E-state index is 0.135. The van der Waals surface area contributed by atoms with Crippen molar-refractivity contribution in [1.82, 2.24) is 9.55 Å². The molecule has 124 valence electrons. The average Bonchev–Trinajstić information content (AvgIpc) is 2.57. The molecule has 1 aromatic heterocycles. The topological polar surface area (TPSA) is 34.9 Å². The molecular formula is C15H6BrF5N2O. The Morgan fingerprint density at radius 3 is 2.17 bits per heavy atom. The maximum Gasteiger partial charge on any atom is 0.261 e. The van der Waals surface area contributed by atoms with Gasteiger partial charge in [0, 0.05) is 10.0 Å². The van der Waals surface area contributed by atoms with E-state index in [1.807, 2.05) is 0 Å². The molecule has 0 atom stereocenters. The molecule has 0 spiro atoms. The number of aromatic nitrogens is 2. The molecule has 0 saturated heterocycles. The van der Waals surface area contributed by atoms with E-state index >= 15 is 0 Å². The first-order valence-corrected chi connectivity index (χ1v) is 7.25. The molecule has 0 aliphatic heterocycles. The lowest BCUT2D eigenvalue weighted by atomic mass is 10.1. The summed E-state index contributed by atoms with van der Waals surface area (Å²) >= 11 is 3.17. The van der Waals surface area contributed by atoms with E-state index in [0.29, 0.717) is 9.99 Å². The largest absolute Gasteiger partial charge is 0.294 e. The molecule has 9 heteroatoms. The van der Waals surface area contributed by atoms with Crippen molar-refractivity contribution in [3.63, 3.8) is 0 Å². The van der Waals surface area contributed by atoms with Crippen molar-refractivity contribution in [1.29, 1.82) is 0 Å². The highest BCUT2D eigenvalue weighted by atomic mass is 79.9. The van der Waals surface area contributed by atoms with Gasteiger partial charge >= 0.3 is 0 Å². The molecule has 2 aromatic carbocycles. The van der Waals surface area contributed by atoms with Gasteiger partial charge in [-0.1, -0.05) is 15.9 Å². The molecule has 0 bridgehead atoms. The highest BCUT2D eigenvalue weighted by Crippen LogP contribution is 2.23. The Kier molecular flexibility index (Phi) is 4.12. The SMILES string of the molecule is O=c1c2cc(Br)ccc2ncn1Cc1c(F)c(F)c(F)c(F)c1F. The Morgan fingerprint density at radius 2 is 1.54 bits per heavy atom. The van der Waals surface area contributed by atoms with Gasteiger partial charge in [0.05, 0.1) is 23.8 Å². The molecule has 3 rings (SSSR count). The van der Waals surface area contributed by atoms with Crippen molar-refractivity contribution < 1.29 is 22.0 Å². The lowest BCUT2D eigenvalue weighted by Crippen LogP contribution is -2.23. The fraction of sp³-hybridized carbons (Fsp3) is 0.0667. The van der Waals surface area contributed by atoms with Gasteiger partial charge in [0.25, 0.3) is 5.56 Å². The number of benzene rings is 2. The van der Waals surface area contributed by atoms with Gasteiger partial charge in [0.1, 0.15) is 0 Å². The van der Waals surface area contributed by atoms with E-state index < -0.39 is 46.8 Å². The minimum Gasteiger partial charge on any atom is -0.294 e. The zero-order valence-electron chi connectivity index (χ0n) is 11.6. The van der Waals surface area contributed by atoms with Crippen molar-refractivity contribution in [2.45, 2.75) is 6.54 Å². The van der Waals surface area contributed by atoms with Crippen molar-refractivity contribution >= 4 is 26.8 Å². The first-order valence-electron chi connectivity index (χ1n) is 6.46. The molecule has 24 heavy (non-hydrogen) atoms. The van der Waals surface area contributed by atoms with Crippen LogP contribution >= 0.6 is 15.9 Å². The summed E-state index contributed by atoms with van der Waals surface area (Å²) in [5.41, 5.74) is -1.45. The van der Waals surface area contributed by atoms with E-state index in [1.54, 1.807) is 12.1 Å². The second-order valence-electron chi connectivity index (χ2n) is 4.89. The van der Waals surface area contributed by atoms with Crippen molar-refractivity contribution in [3.8, 4) is 0 Å². The summed E-state index contributed by atoms with van der Waals surface area (Å²) < 4.78 is 68.3. The van der Waals surface area contributed by atoms with E-state index in [9.17, 15) is 26.7 Å². The molecule has 0 aliphatic rings. The third kappa shape index (κ3) is 2.58. The van der Waals surface area contributed by atoms with Gasteiger partial charge in [0.15, 0.2) is 23.3 Å². The molecule has 0 aliphatic carbocycles. The second kappa shape index (κ2) is 5.97. The molecule has 0 saturated carbocycles. The summed E-state index contributed by atoms with van der Waals surface area (Å²) in [6.07, 6.45) is 0.983. The van der Waals surface area contributed by atoms with Crippen LogP contribution in [0.5, 0.6) is 0 Å². The third-order valence-corrected chi connectivity index (χ3v) is 3.91. The summed E-state index contributed by atoms with van der Waals surface area (Å²) in [6, 6.07) is 4.63. The number of hydrogen-bond acceptors (Lipinski definition) is 2. The van der Waals surface area contributed by atoms with Gasteiger partial charge in [-0.15, -0.1) is 0 Å². The lowest BCUT2D eigenvalue weighted by molar-refractivity contribution is 0.367. The normalized spacial score (nSPS) is 11.2. The summed E-state index contributed by atoms with van der Waals surface area (Å²) in [5.74, 6) is -10.3. The molecule has 0 radical (unpaired) electrons. The molecule has 0 N–H and O–H groups in total. The first-order chi connectivity index (χ1) is 11.3. The highest BCUT2D eigenvalue weighted by molar-refractivity contribution is 9.10. The van der Waals surface area contributed by atoms with Gasteiger partial charge < -0.3 is 0 Å².